The van der Waals surface area contributed by atoms with Gasteiger partial charge in [0, 0.05) is 25.0 Å². The highest BCUT2D eigenvalue weighted by Gasteiger charge is 2.21. The van der Waals surface area contributed by atoms with E-state index >= 15 is 0 Å². The molecule has 0 atom stereocenters. The van der Waals surface area contributed by atoms with Gasteiger partial charge in [0.15, 0.2) is 11.5 Å². The number of benzene rings is 2. The van der Waals surface area contributed by atoms with Crippen LogP contribution in [0.3, 0.4) is 0 Å². The number of hydrogen-bond donors (Lipinski definition) is 1. The van der Waals surface area contributed by atoms with E-state index in [0.717, 1.165) is 29.1 Å². The third-order valence-electron chi connectivity index (χ3n) is 5.37. The Balaban J connectivity index is 1.48. The zero-order valence-electron chi connectivity index (χ0n) is 18.0. The van der Waals surface area contributed by atoms with Crippen LogP contribution in [0.2, 0.25) is 0 Å². The van der Waals surface area contributed by atoms with E-state index in [9.17, 15) is 4.79 Å². The minimum absolute atomic E-state index is 0.241. The highest BCUT2D eigenvalue weighted by Crippen LogP contribution is 2.26. The van der Waals surface area contributed by atoms with Crippen LogP contribution in [-0.2, 0) is 6.42 Å². The molecule has 0 radical (unpaired) electrons. The monoisotopic (exact) mass is 438 g/mol. The molecule has 0 saturated heterocycles. The fraction of sp³-hybridized carbons (Fsp3) is 0.120. The van der Waals surface area contributed by atoms with Crippen molar-refractivity contribution in [2.75, 3.05) is 13.7 Å². The highest BCUT2D eigenvalue weighted by atomic mass is 16.5. The number of ether oxygens (including phenoxy) is 1. The Morgan fingerprint density at radius 1 is 1.06 bits per heavy atom. The number of carbonyl (C=O) groups is 1. The van der Waals surface area contributed by atoms with Gasteiger partial charge in [-0.3, -0.25) is 14.2 Å². The maximum absolute atomic E-state index is 13.0. The van der Waals surface area contributed by atoms with Crippen molar-refractivity contribution < 1.29 is 9.53 Å². The van der Waals surface area contributed by atoms with Gasteiger partial charge < -0.3 is 10.1 Å². The van der Waals surface area contributed by atoms with Gasteiger partial charge >= 0.3 is 0 Å². The largest absolute Gasteiger partial charge is 0.497 e. The number of nitrogens with zero attached hydrogens (tertiary/aromatic N) is 5. The van der Waals surface area contributed by atoms with Crippen molar-refractivity contribution in [1.82, 2.24) is 29.5 Å². The summed E-state index contributed by atoms with van der Waals surface area (Å²) in [5, 5.41) is 7.45. The molecule has 3 aromatic heterocycles. The normalized spacial score (nSPS) is 10.9. The van der Waals surface area contributed by atoms with E-state index in [-0.39, 0.29) is 5.91 Å². The molecule has 2 aromatic carbocycles. The summed E-state index contributed by atoms with van der Waals surface area (Å²) in [4.78, 5) is 21.9. The number of methoxy groups -OCH3 is 1. The maximum Gasteiger partial charge on any atom is 0.272 e. The molecular weight excluding hydrogens is 416 g/mol. The minimum Gasteiger partial charge on any atom is -0.497 e. The topological polar surface area (TPSA) is 86.3 Å². The molecule has 1 amide bonds. The predicted molar refractivity (Wildman–Crippen MR) is 125 cm³/mol. The van der Waals surface area contributed by atoms with E-state index < -0.39 is 0 Å². The lowest BCUT2D eigenvalue weighted by Gasteiger charge is -2.08. The molecule has 164 valence electrons. The predicted octanol–water partition coefficient (Wildman–Crippen LogP) is 3.56. The minimum atomic E-state index is -0.241. The zero-order chi connectivity index (χ0) is 22.6. The molecule has 8 heteroatoms. The van der Waals surface area contributed by atoms with Crippen molar-refractivity contribution >= 4 is 11.4 Å². The van der Waals surface area contributed by atoms with Crippen LogP contribution in [0.4, 0.5) is 0 Å². The lowest BCUT2D eigenvalue weighted by molar-refractivity contribution is 0.0951. The molecule has 5 aromatic rings. The summed E-state index contributed by atoms with van der Waals surface area (Å²) in [6.07, 6.45) is 7.56. The zero-order valence-corrected chi connectivity index (χ0v) is 18.0. The molecule has 0 aliphatic rings. The summed E-state index contributed by atoms with van der Waals surface area (Å²) in [5.41, 5.74) is 3.69. The number of amides is 1. The third kappa shape index (κ3) is 4.06. The maximum atomic E-state index is 13.0. The van der Waals surface area contributed by atoms with Crippen LogP contribution < -0.4 is 10.1 Å². The first-order valence-corrected chi connectivity index (χ1v) is 10.6. The lowest BCUT2D eigenvalue weighted by atomic mass is 10.1. The quantitative estimate of drug-likeness (QED) is 0.420. The number of imidazole rings is 1. The van der Waals surface area contributed by atoms with Crippen molar-refractivity contribution in [3.63, 3.8) is 0 Å². The van der Waals surface area contributed by atoms with Gasteiger partial charge in [-0.1, -0.05) is 36.4 Å². The smallest absolute Gasteiger partial charge is 0.272 e. The molecule has 0 aliphatic heterocycles. The Bertz CT molecular complexity index is 1410. The van der Waals surface area contributed by atoms with Gasteiger partial charge in [-0.15, -0.1) is 0 Å². The number of carbonyl (C=O) groups excluding carboxylic acids is 1. The molecule has 0 saturated carbocycles. The van der Waals surface area contributed by atoms with E-state index in [0.29, 0.717) is 23.6 Å². The average molecular weight is 438 g/mol. The molecule has 1 N–H and O–H groups in total. The van der Waals surface area contributed by atoms with Gasteiger partial charge in [0.05, 0.1) is 30.7 Å². The van der Waals surface area contributed by atoms with E-state index in [2.05, 4.69) is 15.4 Å². The van der Waals surface area contributed by atoms with E-state index in [1.807, 2.05) is 65.1 Å². The Hall–Kier alpha value is -4.46. The van der Waals surface area contributed by atoms with Gasteiger partial charge in [0.2, 0.25) is 0 Å². The molecule has 0 aliphatic carbocycles. The van der Waals surface area contributed by atoms with E-state index in [1.54, 1.807) is 36.6 Å². The molecular formula is C25H22N6O2. The molecule has 5 rings (SSSR count). The summed E-state index contributed by atoms with van der Waals surface area (Å²) >= 11 is 0. The van der Waals surface area contributed by atoms with Crippen molar-refractivity contribution in [3.05, 3.63) is 96.7 Å². The fourth-order valence-electron chi connectivity index (χ4n) is 3.76. The summed E-state index contributed by atoms with van der Waals surface area (Å²) in [6, 6.07) is 19.5. The summed E-state index contributed by atoms with van der Waals surface area (Å²) in [7, 11) is 1.63. The first kappa shape index (κ1) is 20.4. The summed E-state index contributed by atoms with van der Waals surface area (Å²) in [5.74, 6) is 1.08. The lowest BCUT2D eigenvalue weighted by Crippen LogP contribution is -2.26. The second-order valence-corrected chi connectivity index (χ2v) is 7.44. The molecule has 0 unspecified atom stereocenters. The fourth-order valence-corrected chi connectivity index (χ4v) is 3.76. The van der Waals surface area contributed by atoms with Gasteiger partial charge in [0.1, 0.15) is 11.4 Å². The standard InChI is InChI=1S/C25H22N6O2/c1-33-20-9-5-8-19(16-20)31-21(11-13-28-31)24-29-23(22-17-26-14-15-30(22)24)25(32)27-12-10-18-6-3-2-4-7-18/h2-9,11,13-17H,10,12H2,1H3,(H,27,32). The van der Waals surface area contributed by atoms with Crippen molar-refractivity contribution in [3.8, 4) is 23.0 Å². The van der Waals surface area contributed by atoms with Crippen LogP contribution in [0, 0.1) is 0 Å². The number of fused-ring (bicyclic) bond motifs is 1. The summed E-state index contributed by atoms with van der Waals surface area (Å²) < 4.78 is 8.98. The van der Waals surface area contributed by atoms with E-state index in [4.69, 9.17) is 9.72 Å². The molecule has 3 heterocycles. The van der Waals surface area contributed by atoms with Crippen LogP contribution >= 0.6 is 0 Å². The molecule has 8 nitrogen and oxygen atoms in total. The molecule has 0 bridgehead atoms. The van der Waals surface area contributed by atoms with Crippen molar-refractivity contribution in [2.24, 2.45) is 0 Å². The van der Waals surface area contributed by atoms with Crippen LogP contribution in [0.25, 0.3) is 22.7 Å². The SMILES string of the molecule is COc1cccc(-n2nccc2-c2nc(C(=O)NCCc3ccccc3)c3cnccn23)c1. The second kappa shape index (κ2) is 8.96. The Labute approximate surface area is 190 Å². The number of hydrogen-bond acceptors (Lipinski definition) is 5. The van der Waals surface area contributed by atoms with Crippen molar-refractivity contribution in [2.45, 2.75) is 6.42 Å². The van der Waals surface area contributed by atoms with Gasteiger partial charge in [-0.25, -0.2) is 9.67 Å². The van der Waals surface area contributed by atoms with Crippen LogP contribution in [0.15, 0.2) is 85.5 Å². The van der Waals surface area contributed by atoms with E-state index in [1.165, 1.54) is 0 Å². The number of rotatable bonds is 7. The first-order chi connectivity index (χ1) is 16.2. The molecule has 33 heavy (non-hydrogen) atoms. The van der Waals surface area contributed by atoms with Crippen LogP contribution in [0.1, 0.15) is 16.1 Å². The molecule has 0 fully saturated rings. The number of nitrogens with one attached hydrogen (secondary N) is 1. The number of aromatic nitrogens is 5. The third-order valence-corrected chi connectivity index (χ3v) is 5.37. The van der Waals surface area contributed by atoms with Gasteiger partial charge in [-0.2, -0.15) is 5.10 Å². The Morgan fingerprint density at radius 2 is 1.94 bits per heavy atom. The Kier molecular flexibility index (Phi) is 5.55. The first-order valence-electron chi connectivity index (χ1n) is 10.6. The van der Waals surface area contributed by atoms with Crippen LogP contribution in [-0.4, -0.2) is 43.7 Å². The van der Waals surface area contributed by atoms with Gasteiger partial charge in [0.25, 0.3) is 5.91 Å². The molecule has 0 spiro atoms. The van der Waals surface area contributed by atoms with Gasteiger partial charge in [-0.05, 0) is 30.2 Å². The average Bonchev–Trinajstić information content (AvgIpc) is 3.50. The van der Waals surface area contributed by atoms with Crippen LogP contribution in [0.5, 0.6) is 5.75 Å². The summed E-state index contributed by atoms with van der Waals surface area (Å²) in [6.45, 7) is 0.513. The van der Waals surface area contributed by atoms with Crippen molar-refractivity contribution in [1.29, 1.82) is 0 Å². The second-order valence-electron chi connectivity index (χ2n) is 7.44. The Morgan fingerprint density at radius 3 is 2.79 bits per heavy atom. The highest BCUT2D eigenvalue weighted by molar-refractivity contribution is 5.99.